The van der Waals surface area contributed by atoms with Crippen molar-refractivity contribution in [1.82, 2.24) is 9.80 Å². The molecule has 5 heteroatoms. The first kappa shape index (κ1) is 16.2. The number of likely N-dealkylation sites (tertiary alicyclic amines) is 1. The van der Waals surface area contributed by atoms with Crippen molar-refractivity contribution in [2.45, 2.75) is 32.4 Å². The summed E-state index contributed by atoms with van der Waals surface area (Å²) in [5, 5.41) is 0. The fourth-order valence-corrected chi connectivity index (χ4v) is 3.65. The van der Waals surface area contributed by atoms with Crippen molar-refractivity contribution in [1.29, 1.82) is 0 Å². The fraction of sp³-hybridized carbons (Fsp3) is 0.450. The molecule has 0 radical (unpaired) electrons. The van der Waals surface area contributed by atoms with Crippen LogP contribution in [0.2, 0.25) is 0 Å². The van der Waals surface area contributed by atoms with Gasteiger partial charge in [-0.2, -0.15) is 0 Å². The second-order valence-corrected chi connectivity index (χ2v) is 6.83. The summed E-state index contributed by atoms with van der Waals surface area (Å²) < 4.78 is 11.1. The zero-order valence-electron chi connectivity index (χ0n) is 14.4. The van der Waals surface area contributed by atoms with Crippen LogP contribution in [0.5, 0.6) is 5.75 Å². The summed E-state index contributed by atoms with van der Waals surface area (Å²) >= 11 is 0. The highest BCUT2D eigenvalue weighted by Gasteiger charge is 2.23. The van der Waals surface area contributed by atoms with Gasteiger partial charge in [0.1, 0.15) is 12.4 Å². The summed E-state index contributed by atoms with van der Waals surface area (Å²) in [5.41, 5.74) is 2.36. The molecule has 5 nitrogen and oxygen atoms in total. The molecule has 0 spiro atoms. The van der Waals surface area contributed by atoms with Gasteiger partial charge in [0, 0.05) is 18.7 Å². The molecule has 4 rings (SSSR count). The zero-order valence-corrected chi connectivity index (χ0v) is 14.4. The largest absolute Gasteiger partial charge is 0.491 e. The third kappa shape index (κ3) is 3.71. The third-order valence-corrected chi connectivity index (χ3v) is 4.98. The maximum atomic E-state index is 12.6. The number of nitrogens with zero attached hydrogens (tertiary/aromatic N) is 2. The number of amides is 1. The smallest absolute Gasteiger partial charge is 0.289 e. The van der Waals surface area contributed by atoms with Gasteiger partial charge < -0.3 is 14.1 Å². The van der Waals surface area contributed by atoms with E-state index in [1.807, 2.05) is 0 Å². The van der Waals surface area contributed by atoms with Crippen molar-refractivity contribution in [2.24, 2.45) is 0 Å². The molecule has 1 amide bonds. The number of hydrogen-bond acceptors (Lipinski definition) is 4. The SMILES string of the molecule is O=C(c1ccco1)N1CCOc2ccc(CN3CCCCC3)cc2C1. The van der Waals surface area contributed by atoms with Crippen molar-refractivity contribution in [3.05, 3.63) is 53.5 Å². The van der Waals surface area contributed by atoms with Gasteiger partial charge in [0.25, 0.3) is 5.91 Å². The van der Waals surface area contributed by atoms with Gasteiger partial charge in [-0.15, -0.1) is 0 Å². The second-order valence-electron chi connectivity index (χ2n) is 6.83. The molecule has 0 bridgehead atoms. The quantitative estimate of drug-likeness (QED) is 0.860. The van der Waals surface area contributed by atoms with Crippen LogP contribution in [0.25, 0.3) is 0 Å². The van der Waals surface area contributed by atoms with Crippen LogP contribution in [-0.2, 0) is 13.1 Å². The second kappa shape index (κ2) is 7.31. The summed E-state index contributed by atoms with van der Waals surface area (Å²) in [7, 11) is 0. The maximum absolute atomic E-state index is 12.6. The van der Waals surface area contributed by atoms with E-state index in [-0.39, 0.29) is 5.91 Å². The molecule has 2 aliphatic heterocycles. The lowest BCUT2D eigenvalue weighted by Gasteiger charge is -2.26. The number of carbonyl (C=O) groups excluding carboxylic acids is 1. The van der Waals surface area contributed by atoms with Crippen LogP contribution < -0.4 is 4.74 Å². The Kier molecular flexibility index (Phi) is 4.74. The van der Waals surface area contributed by atoms with Crippen LogP contribution in [0.1, 0.15) is 40.9 Å². The van der Waals surface area contributed by atoms with Gasteiger partial charge in [0.2, 0.25) is 0 Å². The first-order valence-corrected chi connectivity index (χ1v) is 9.09. The van der Waals surface area contributed by atoms with Gasteiger partial charge in [-0.3, -0.25) is 9.69 Å². The van der Waals surface area contributed by atoms with E-state index in [0.29, 0.717) is 25.5 Å². The highest BCUT2D eigenvalue weighted by atomic mass is 16.5. The molecular weight excluding hydrogens is 316 g/mol. The zero-order chi connectivity index (χ0) is 17.1. The molecule has 25 heavy (non-hydrogen) atoms. The van der Waals surface area contributed by atoms with E-state index in [9.17, 15) is 4.79 Å². The van der Waals surface area contributed by atoms with Crippen LogP contribution in [0.4, 0.5) is 0 Å². The van der Waals surface area contributed by atoms with Crippen molar-refractivity contribution in [2.75, 3.05) is 26.2 Å². The minimum Gasteiger partial charge on any atom is -0.491 e. The molecule has 0 N–H and O–H groups in total. The lowest BCUT2D eigenvalue weighted by atomic mass is 10.1. The lowest BCUT2D eigenvalue weighted by Crippen LogP contribution is -2.32. The Morgan fingerprint density at radius 2 is 1.96 bits per heavy atom. The average molecular weight is 340 g/mol. The standard InChI is InChI=1S/C20H24N2O3/c23-20(19-5-4-11-24-19)22-10-12-25-18-7-6-16(13-17(18)15-22)14-21-8-2-1-3-9-21/h4-7,11,13H,1-3,8-10,12,14-15H2. The minimum atomic E-state index is -0.0807. The highest BCUT2D eigenvalue weighted by Crippen LogP contribution is 2.26. The van der Waals surface area contributed by atoms with E-state index >= 15 is 0 Å². The lowest BCUT2D eigenvalue weighted by molar-refractivity contribution is 0.0701. The Morgan fingerprint density at radius 1 is 1.08 bits per heavy atom. The van der Waals surface area contributed by atoms with E-state index in [1.54, 1.807) is 17.0 Å². The van der Waals surface area contributed by atoms with Crippen molar-refractivity contribution >= 4 is 5.91 Å². The van der Waals surface area contributed by atoms with Crippen LogP contribution in [0, 0.1) is 0 Å². The molecule has 2 aliphatic rings. The van der Waals surface area contributed by atoms with Gasteiger partial charge in [0.15, 0.2) is 5.76 Å². The first-order chi connectivity index (χ1) is 12.3. The van der Waals surface area contributed by atoms with E-state index in [0.717, 1.165) is 17.9 Å². The summed E-state index contributed by atoms with van der Waals surface area (Å²) in [5.74, 6) is 1.19. The normalized spacial score (nSPS) is 18.3. The Balaban J connectivity index is 1.51. The first-order valence-electron chi connectivity index (χ1n) is 9.09. The molecule has 1 fully saturated rings. The van der Waals surface area contributed by atoms with Crippen molar-refractivity contribution in [3.63, 3.8) is 0 Å². The fourth-order valence-electron chi connectivity index (χ4n) is 3.65. The number of rotatable bonds is 3. The van der Waals surface area contributed by atoms with Gasteiger partial charge >= 0.3 is 0 Å². The maximum Gasteiger partial charge on any atom is 0.289 e. The number of furan rings is 1. The Bertz CT molecular complexity index is 721. The molecular formula is C20H24N2O3. The van der Waals surface area contributed by atoms with E-state index in [1.165, 1.54) is 44.2 Å². The molecule has 1 aromatic heterocycles. The van der Waals surface area contributed by atoms with Crippen molar-refractivity contribution in [3.8, 4) is 5.75 Å². The number of hydrogen-bond donors (Lipinski definition) is 0. The molecule has 0 unspecified atom stereocenters. The molecule has 0 saturated carbocycles. The molecule has 1 saturated heterocycles. The molecule has 0 atom stereocenters. The molecule has 0 aliphatic carbocycles. The summed E-state index contributed by atoms with van der Waals surface area (Å²) in [4.78, 5) is 16.9. The van der Waals surface area contributed by atoms with Gasteiger partial charge in [-0.25, -0.2) is 0 Å². The highest BCUT2D eigenvalue weighted by molar-refractivity contribution is 5.91. The van der Waals surface area contributed by atoms with E-state index in [2.05, 4.69) is 23.1 Å². The summed E-state index contributed by atoms with van der Waals surface area (Å²) in [6.45, 7) is 4.95. The molecule has 132 valence electrons. The number of benzene rings is 1. The Hall–Kier alpha value is -2.27. The van der Waals surface area contributed by atoms with E-state index < -0.39 is 0 Å². The van der Waals surface area contributed by atoms with Crippen LogP contribution >= 0.6 is 0 Å². The predicted molar refractivity (Wildman–Crippen MR) is 94.5 cm³/mol. The number of ether oxygens (including phenoxy) is 1. The van der Waals surface area contributed by atoms with Crippen LogP contribution in [0.15, 0.2) is 41.0 Å². The minimum absolute atomic E-state index is 0.0807. The van der Waals surface area contributed by atoms with Gasteiger partial charge in [-0.05, 0) is 55.8 Å². The molecule has 1 aromatic carbocycles. The third-order valence-electron chi connectivity index (χ3n) is 4.98. The van der Waals surface area contributed by atoms with Gasteiger partial charge in [0.05, 0.1) is 12.8 Å². The summed E-state index contributed by atoms with van der Waals surface area (Å²) in [6, 6.07) is 9.85. The van der Waals surface area contributed by atoms with Crippen LogP contribution in [-0.4, -0.2) is 41.9 Å². The Morgan fingerprint density at radius 3 is 2.76 bits per heavy atom. The molecule has 3 heterocycles. The topological polar surface area (TPSA) is 45.9 Å². The van der Waals surface area contributed by atoms with Crippen LogP contribution in [0.3, 0.4) is 0 Å². The Labute approximate surface area is 148 Å². The molecule has 2 aromatic rings. The number of piperidine rings is 1. The average Bonchev–Trinajstić information content (AvgIpc) is 3.09. The van der Waals surface area contributed by atoms with Crippen molar-refractivity contribution < 1.29 is 13.9 Å². The monoisotopic (exact) mass is 340 g/mol. The van der Waals surface area contributed by atoms with Gasteiger partial charge in [-0.1, -0.05) is 12.5 Å². The number of fused-ring (bicyclic) bond motifs is 1. The van der Waals surface area contributed by atoms with E-state index in [4.69, 9.17) is 9.15 Å². The summed E-state index contributed by atoms with van der Waals surface area (Å²) in [6.07, 6.45) is 5.46. The predicted octanol–water partition coefficient (Wildman–Crippen LogP) is 3.30. The number of carbonyl (C=O) groups is 1.